The number of rotatable bonds is 50. The number of hydrogen-bond acceptors (Lipinski definition) is 8. The second-order valence-electron chi connectivity index (χ2n) is 19.6. The highest BCUT2D eigenvalue weighted by molar-refractivity contribution is 7.45. The Kier molecular flexibility index (Phi) is 45.0. The molecule has 2 unspecified atom stereocenters. The lowest BCUT2D eigenvalue weighted by molar-refractivity contribution is -0.870. The van der Waals surface area contributed by atoms with E-state index in [-0.39, 0.29) is 32.0 Å². The van der Waals surface area contributed by atoms with Gasteiger partial charge in [0.1, 0.15) is 19.8 Å². The van der Waals surface area contributed by atoms with Crippen LogP contribution in [0.5, 0.6) is 0 Å². The third-order valence-corrected chi connectivity index (χ3v) is 13.0. The molecule has 0 aromatic carbocycles. The molecule has 0 amide bonds. The summed E-state index contributed by atoms with van der Waals surface area (Å²) in [6, 6.07) is 0. The maximum Gasteiger partial charge on any atom is 0.306 e. The maximum absolute atomic E-state index is 12.7. The van der Waals surface area contributed by atoms with Crippen LogP contribution in [-0.4, -0.2) is 70.0 Å². The molecule has 63 heavy (non-hydrogen) atoms. The van der Waals surface area contributed by atoms with Gasteiger partial charge in [-0.1, -0.05) is 225 Å². The first kappa shape index (κ1) is 61.8. The lowest BCUT2D eigenvalue weighted by atomic mass is 10.0. The van der Waals surface area contributed by atoms with Gasteiger partial charge >= 0.3 is 11.9 Å². The summed E-state index contributed by atoms with van der Waals surface area (Å²) in [5.74, 6) is -0.830. The van der Waals surface area contributed by atoms with Crippen molar-refractivity contribution in [2.75, 3.05) is 47.5 Å². The van der Waals surface area contributed by atoms with E-state index in [2.05, 4.69) is 26.0 Å². The van der Waals surface area contributed by atoms with Crippen LogP contribution >= 0.6 is 7.82 Å². The fourth-order valence-electron chi connectivity index (χ4n) is 7.83. The second kappa shape index (κ2) is 45.9. The molecule has 2 atom stereocenters. The normalized spacial score (nSPS) is 13.4. The molecule has 0 heterocycles. The van der Waals surface area contributed by atoms with Crippen LogP contribution in [0.2, 0.25) is 0 Å². The van der Waals surface area contributed by atoms with E-state index in [9.17, 15) is 19.0 Å². The van der Waals surface area contributed by atoms with Crippen molar-refractivity contribution in [1.82, 2.24) is 0 Å². The van der Waals surface area contributed by atoms with Gasteiger partial charge < -0.3 is 27.9 Å². The lowest BCUT2D eigenvalue weighted by Crippen LogP contribution is -2.37. The van der Waals surface area contributed by atoms with Gasteiger partial charge in [0.05, 0.1) is 27.7 Å². The lowest BCUT2D eigenvalue weighted by Gasteiger charge is -2.28. The van der Waals surface area contributed by atoms with Gasteiger partial charge in [0.15, 0.2) is 6.10 Å². The molecule has 0 bridgehead atoms. The molecule has 0 aliphatic heterocycles. The van der Waals surface area contributed by atoms with E-state index in [1.807, 2.05) is 21.1 Å². The van der Waals surface area contributed by atoms with Gasteiger partial charge in [-0.3, -0.25) is 14.2 Å². The van der Waals surface area contributed by atoms with Crippen molar-refractivity contribution in [3.63, 3.8) is 0 Å². The van der Waals surface area contributed by atoms with E-state index in [0.29, 0.717) is 17.4 Å². The first-order chi connectivity index (χ1) is 30.5. The van der Waals surface area contributed by atoms with E-state index < -0.39 is 26.5 Å². The van der Waals surface area contributed by atoms with Gasteiger partial charge in [-0.2, -0.15) is 0 Å². The fraction of sp³-hybridized carbons (Fsp3) is 0.925. The quantitative estimate of drug-likeness (QED) is 0.0195. The monoisotopic (exact) mass is 914 g/mol. The molecule has 0 N–H and O–H groups in total. The Hall–Kier alpha value is -1.25. The number of esters is 2. The highest BCUT2D eigenvalue weighted by Gasteiger charge is 2.21. The van der Waals surface area contributed by atoms with E-state index in [0.717, 1.165) is 51.4 Å². The van der Waals surface area contributed by atoms with E-state index in [1.165, 1.54) is 180 Å². The Balaban J connectivity index is 4.07. The largest absolute Gasteiger partial charge is 0.756 e. The Morgan fingerprint density at radius 1 is 0.476 bits per heavy atom. The third-order valence-electron chi connectivity index (χ3n) is 12.0. The highest BCUT2D eigenvalue weighted by atomic mass is 31.2. The predicted molar refractivity (Wildman–Crippen MR) is 264 cm³/mol. The molecule has 0 rings (SSSR count). The molecule has 374 valence electrons. The van der Waals surface area contributed by atoms with Crippen molar-refractivity contribution >= 4 is 19.8 Å². The molecule has 9 nitrogen and oxygen atoms in total. The maximum atomic E-state index is 12.7. The van der Waals surface area contributed by atoms with Crippen LogP contribution in [0.3, 0.4) is 0 Å². The number of nitrogens with zero attached hydrogens (tertiary/aromatic N) is 1. The van der Waals surface area contributed by atoms with Crippen LogP contribution < -0.4 is 4.89 Å². The van der Waals surface area contributed by atoms with Crippen LogP contribution in [0.25, 0.3) is 0 Å². The average Bonchev–Trinajstić information content (AvgIpc) is 3.24. The first-order valence-electron chi connectivity index (χ1n) is 26.9. The van der Waals surface area contributed by atoms with Crippen LogP contribution in [-0.2, 0) is 32.7 Å². The van der Waals surface area contributed by atoms with Gasteiger partial charge in [0.2, 0.25) is 0 Å². The molecule has 0 saturated carbocycles. The Morgan fingerprint density at radius 2 is 0.810 bits per heavy atom. The molecule has 0 fully saturated rings. The van der Waals surface area contributed by atoms with Crippen molar-refractivity contribution in [2.45, 2.75) is 270 Å². The van der Waals surface area contributed by atoms with Gasteiger partial charge in [-0.05, 0) is 38.5 Å². The number of quaternary nitrogens is 1. The number of unbranched alkanes of at least 4 members (excludes halogenated alkanes) is 34. The summed E-state index contributed by atoms with van der Waals surface area (Å²) in [6.07, 6.45) is 51.2. The highest BCUT2D eigenvalue weighted by Crippen LogP contribution is 2.38. The zero-order chi connectivity index (χ0) is 46.4. The van der Waals surface area contributed by atoms with Crippen molar-refractivity contribution in [3.8, 4) is 0 Å². The van der Waals surface area contributed by atoms with Crippen molar-refractivity contribution in [2.24, 2.45) is 0 Å². The Labute approximate surface area is 390 Å². The summed E-state index contributed by atoms with van der Waals surface area (Å²) >= 11 is 0. The van der Waals surface area contributed by atoms with E-state index in [1.54, 1.807) is 0 Å². The summed E-state index contributed by atoms with van der Waals surface area (Å²) in [5, 5.41) is 0. The van der Waals surface area contributed by atoms with Crippen molar-refractivity contribution in [1.29, 1.82) is 0 Å². The van der Waals surface area contributed by atoms with Crippen molar-refractivity contribution < 1.29 is 42.1 Å². The number of phosphoric ester groups is 1. The average molecular weight is 914 g/mol. The molecule has 0 saturated heterocycles. The molecule has 0 aromatic heterocycles. The van der Waals surface area contributed by atoms with Crippen molar-refractivity contribution in [3.05, 3.63) is 12.2 Å². The van der Waals surface area contributed by atoms with Crippen LogP contribution in [0.4, 0.5) is 0 Å². The molecule has 0 aromatic rings. The van der Waals surface area contributed by atoms with Gasteiger partial charge in [-0.15, -0.1) is 0 Å². The minimum Gasteiger partial charge on any atom is -0.756 e. The van der Waals surface area contributed by atoms with Gasteiger partial charge in [0.25, 0.3) is 7.82 Å². The summed E-state index contributed by atoms with van der Waals surface area (Å²) < 4.78 is 34.0. The topological polar surface area (TPSA) is 111 Å². The summed E-state index contributed by atoms with van der Waals surface area (Å²) in [6.45, 7) is 4.25. The van der Waals surface area contributed by atoms with Crippen LogP contribution in [0.1, 0.15) is 264 Å². The number of likely N-dealkylation sites (N-methyl/N-ethyl adjacent to an activating group) is 1. The number of phosphoric acid groups is 1. The molecule has 0 radical (unpaired) electrons. The number of hydrogen-bond donors (Lipinski definition) is 0. The predicted octanol–water partition coefficient (Wildman–Crippen LogP) is 15.5. The molecule has 0 spiro atoms. The number of carbonyl (C=O) groups excluding carboxylic acids is 2. The third kappa shape index (κ3) is 50.0. The molecule has 0 aliphatic rings. The van der Waals surface area contributed by atoms with E-state index in [4.69, 9.17) is 18.5 Å². The summed E-state index contributed by atoms with van der Waals surface area (Å²) in [7, 11) is 1.17. The van der Waals surface area contributed by atoms with Crippen LogP contribution in [0, 0.1) is 0 Å². The number of carbonyl (C=O) groups is 2. The Bertz CT molecular complexity index is 1080. The molecular weight excluding hydrogens is 810 g/mol. The van der Waals surface area contributed by atoms with E-state index >= 15 is 0 Å². The smallest absolute Gasteiger partial charge is 0.306 e. The molecule has 10 heteroatoms. The zero-order valence-corrected chi connectivity index (χ0v) is 43.2. The number of allylic oxidation sites excluding steroid dienone is 2. The Morgan fingerprint density at radius 3 is 1.19 bits per heavy atom. The minimum atomic E-state index is -4.63. The summed E-state index contributed by atoms with van der Waals surface area (Å²) in [4.78, 5) is 37.7. The minimum absolute atomic E-state index is 0.0291. The zero-order valence-electron chi connectivity index (χ0n) is 42.3. The second-order valence-corrected chi connectivity index (χ2v) is 21.0. The molecule has 0 aliphatic carbocycles. The SMILES string of the molecule is CCCCCC/C=C\CCCCCCCC(=O)OC(COC(=O)CCCCCCCCCCCCCCCCCCCCCCCCCCCC)COP(=O)([O-])OCC[N+](C)(C)C. The summed E-state index contributed by atoms with van der Waals surface area (Å²) in [5.41, 5.74) is 0. The van der Waals surface area contributed by atoms with Gasteiger partial charge in [0, 0.05) is 12.8 Å². The standard InChI is InChI=1S/C53H104NO8P/c1-6-8-10-12-14-16-18-20-21-22-23-24-25-26-27-28-29-30-31-32-34-35-37-39-41-43-45-52(55)59-49-51(50-61-63(57,58)60-48-47-54(3,4)5)62-53(56)46-44-42-40-38-36-33-19-17-15-13-11-9-7-2/h17,19,51H,6-16,18,20-50H2,1-5H3/b19-17-. The fourth-order valence-corrected chi connectivity index (χ4v) is 8.56. The number of ether oxygens (including phenoxy) is 2. The van der Waals surface area contributed by atoms with Gasteiger partial charge in [-0.25, -0.2) is 0 Å². The molecular formula is C53H104NO8P. The van der Waals surface area contributed by atoms with Crippen LogP contribution in [0.15, 0.2) is 12.2 Å². The first-order valence-corrected chi connectivity index (χ1v) is 28.4.